The molecule has 0 aliphatic heterocycles. The fourth-order valence-corrected chi connectivity index (χ4v) is 1.80. The molecule has 0 radical (unpaired) electrons. The molecule has 5 nitrogen and oxygen atoms in total. The van der Waals surface area contributed by atoms with Crippen molar-refractivity contribution >= 4 is 18.1 Å². The van der Waals surface area contributed by atoms with Crippen LogP contribution in [0.2, 0.25) is 0 Å². The molecule has 6 heteroatoms. The van der Waals surface area contributed by atoms with Gasteiger partial charge in [0.05, 0.1) is 18.1 Å². The quantitative estimate of drug-likeness (QED) is 0.887. The van der Waals surface area contributed by atoms with Crippen molar-refractivity contribution in [3.8, 4) is 0 Å². The van der Waals surface area contributed by atoms with Gasteiger partial charge in [0.25, 0.3) is 0 Å². The van der Waals surface area contributed by atoms with E-state index in [2.05, 4.69) is 42.5 Å². The third-order valence-corrected chi connectivity index (χ3v) is 2.69. The van der Waals surface area contributed by atoms with E-state index >= 15 is 0 Å². The summed E-state index contributed by atoms with van der Waals surface area (Å²) in [6, 6.07) is 0. The largest absolute Gasteiger partial charge is 0.378 e. The van der Waals surface area contributed by atoms with Gasteiger partial charge in [0.2, 0.25) is 0 Å². The van der Waals surface area contributed by atoms with Gasteiger partial charge in [0.1, 0.15) is 0 Å². The van der Waals surface area contributed by atoms with Crippen LogP contribution in [0.1, 0.15) is 26.3 Å². The van der Waals surface area contributed by atoms with Crippen LogP contribution in [-0.2, 0) is 19.6 Å². The maximum Gasteiger partial charge on any atom is 0.0729 e. The molecule has 0 aromatic carbocycles. The van der Waals surface area contributed by atoms with Gasteiger partial charge in [-0.05, 0) is 12.8 Å². The maximum atomic E-state index is 4.35. The summed E-state index contributed by atoms with van der Waals surface area (Å²) in [7, 11) is 0. The molecule has 106 valence electrons. The number of nitrogens with one attached hydrogen (secondary N) is 1. The molecule has 2 rings (SSSR count). The second kappa shape index (κ2) is 7.19. The van der Waals surface area contributed by atoms with E-state index in [1.165, 1.54) is 5.56 Å². The van der Waals surface area contributed by atoms with Gasteiger partial charge in [-0.15, -0.1) is 12.4 Å². The van der Waals surface area contributed by atoms with E-state index in [-0.39, 0.29) is 12.4 Å². The number of aromatic nitrogens is 4. The Bertz CT molecular complexity index is 489. The molecule has 0 unspecified atom stereocenters. The standard InChI is InChI=1S/C13H21N5.ClH/c1-4-17-10-13(7-16-17)14-5-12-6-15-18(9-12)8-11(2)3;/h6-7,9-11,14H,4-5,8H2,1-3H3;1H. The first-order valence-corrected chi connectivity index (χ1v) is 6.45. The summed E-state index contributed by atoms with van der Waals surface area (Å²) in [5, 5.41) is 11.9. The van der Waals surface area contributed by atoms with E-state index in [0.29, 0.717) is 5.92 Å². The van der Waals surface area contributed by atoms with Crippen molar-refractivity contribution in [1.82, 2.24) is 19.6 Å². The second-order valence-corrected chi connectivity index (χ2v) is 4.90. The molecule has 0 saturated carbocycles. The normalized spacial score (nSPS) is 10.5. The zero-order valence-electron chi connectivity index (χ0n) is 11.7. The Labute approximate surface area is 120 Å². The fourth-order valence-electron chi connectivity index (χ4n) is 1.80. The highest BCUT2D eigenvalue weighted by Crippen LogP contribution is 2.08. The van der Waals surface area contributed by atoms with Crippen molar-refractivity contribution in [2.45, 2.75) is 40.4 Å². The summed E-state index contributed by atoms with van der Waals surface area (Å²) in [5.74, 6) is 0.619. The van der Waals surface area contributed by atoms with Crippen molar-refractivity contribution in [3.05, 3.63) is 30.4 Å². The van der Waals surface area contributed by atoms with Crippen LogP contribution < -0.4 is 5.32 Å². The third kappa shape index (κ3) is 4.59. The summed E-state index contributed by atoms with van der Waals surface area (Å²) < 4.78 is 3.90. The number of nitrogens with zero attached hydrogens (tertiary/aromatic N) is 4. The molecular formula is C13H22ClN5. The van der Waals surface area contributed by atoms with Gasteiger partial charge in [-0.3, -0.25) is 9.36 Å². The van der Waals surface area contributed by atoms with Crippen molar-refractivity contribution < 1.29 is 0 Å². The highest BCUT2D eigenvalue weighted by Gasteiger charge is 2.02. The molecule has 0 bridgehead atoms. The minimum Gasteiger partial charge on any atom is -0.378 e. The number of hydrogen-bond donors (Lipinski definition) is 1. The van der Waals surface area contributed by atoms with E-state index < -0.39 is 0 Å². The van der Waals surface area contributed by atoms with E-state index in [1.807, 2.05) is 28.0 Å². The first-order valence-electron chi connectivity index (χ1n) is 6.45. The van der Waals surface area contributed by atoms with Gasteiger partial charge in [-0.2, -0.15) is 10.2 Å². The van der Waals surface area contributed by atoms with Crippen LogP contribution in [0, 0.1) is 5.92 Å². The van der Waals surface area contributed by atoms with Crippen molar-refractivity contribution in [2.24, 2.45) is 5.92 Å². The molecule has 0 saturated heterocycles. The van der Waals surface area contributed by atoms with Gasteiger partial charge < -0.3 is 5.32 Å². The fraction of sp³-hybridized carbons (Fsp3) is 0.538. The zero-order valence-corrected chi connectivity index (χ0v) is 12.5. The molecule has 2 aromatic rings. The number of aryl methyl sites for hydroxylation is 1. The molecule has 0 aliphatic rings. The third-order valence-electron chi connectivity index (χ3n) is 2.69. The Hall–Kier alpha value is -1.49. The lowest BCUT2D eigenvalue weighted by atomic mass is 10.2. The number of anilines is 1. The van der Waals surface area contributed by atoms with Crippen LogP contribution in [0.3, 0.4) is 0 Å². The van der Waals surface area contributed by atoms with E-state index in [0.717, 1.165) is 25.3 Å². The SMILES string of the molecule is CCn1cc(NCc2cnn(CC(C)C)c2)cn1.Cl. The van der Waals surface area contributed by atoms with Gasteiger partial charge in [-0.1, -0.05) is 13.8 Å². The van der Waals surface area contributed by atoms with E-state index in [9.17, 15) is 0 Å². The monoisotopic (exact) mass is 283 g/mol. The summed E-state index contributed by atoms with van der Waals surface area (Å²) in [6.45, 7) is 9.11. The molecule has 0 amide bonds. The number of halogens is 1. The number of rotatable bonds is 6. The van der Waals surface area contributed by atoms with Crippen LogP contribution in [0.5, 0.6) is 0 Å². The Balaban J connectivity index is 0.00000180. The lowest BCUT2D eigenvalue weighted by molar-refractivity contribution is 0.483. The highest BCUT2D eigenvalue weighted by molar-refractivity contribution is 5.85. The highest BCUT2D eigenvalue weighted by atomic mass is 35.5. The van der Waals surface area contributed by atoms with Crippen LogP contribution in [0.4, 0.5) is 5.69 Å². The lowest BCUT2D eigenvalue weighted by Crippen LogP contribution is -2.04. The Kier molecular flexibility index (Phi) is 5.89. The van der Waals surface area contributed by atoms with Crippen LogP contribution in [-0.4, -0.2) is 19.6 Å². The lowest BCUT2D eigenvalue weighted by Gasteiger charge is -2.03. The van der Waals surface area contributed by atoms with Gasteiger partial charge >= 0.3 is 0 Å². The van der Waals surface area contributed by atoms with E-state index in [4.69, 9.17) is 0 Å². The molecule has 0 atom stereocenters. The first kappa shape index (κ1) is 15.6. The van der Waals surface area contributed by atoms with Crippen molar-refractivity contribution in [1.29, 1.82) is 0 Å². The molecule has 0 aliphatic carbocycles. The van der Waals surface area contributed by atoms with Gasteiger partial charge in [0, 0.05) is 37.6 Å². The molecule has 2 heterocycles. The predicted octanol–water partition coefficient (Wildman–Crippen LogP) is 2.79. The average molecular weight is 284 g/mol. The van der Waals surface area contributed by atoms with Gasteiger partial charge in [-0.25, -0.2) is 0 Å². The number of hydrogen-bond acceptors (Lipinski definition) is 3. The molecule has 2 aromatic heterocycles. The zero-order chi connectivity index (χ0) is 13.0. The summed E-state index contributed by atoms with van der Waals surface area (Å²) >= 11 is 0. The average Bonchev–Trinajstić information content (AvgIpc) is 2.94. The Morgan fingerprint density at radius 1 is 1.16 bits per heavy atom. The summed E-state index contributed by atoms with van der Waals surface area (Å²) in [6.07, 6.45) is 7.87. The molecule has 0 fully saturated rings. The summed E-state index contributed by atoms with van der Waals surface area (Å²) in [4.78, 5) is 0. The predicted molar refractivity (Wildman–Crippen MR) is 79.5 cm³/mol. The molecular weight excluding hydrogens is 262 g/mol. The topological polar surface area (TPSA) is 47.7 Å². The second-order valence-electron chi connectivity index (χ2n) is 4.90. The minimum atomic E-state index is 0. The maximum absolute atomic E-state index is 4.35. The molecule has 0 spiro atoms. The van der Waals surface area contributed by atoms with E-state index in [1.54, 1.807) is 0 Å². The molecule has 19 heavy (non-hydrogen) atoms. The summed E-state index contributed by atoms with van der Waals surface area (Å²) in [5.41, 5.74) is 2.24. The first-order chi connectivity index (χ1) is 8.67. The van der Waals surface area contributed by atoms with Crippen LogP contribution in [0.15, 0.2) is 24.8 Å². The van der Waals surface area contributed by atoms with Crippen molar-refractivity contribution in [2.75, 3.05) is 5.32 Å². The smallest absolute Gasteiger partial charge is 0.0729 e. The van der Waals surface area contributed by atoms with Gasteiger partial charge in [0.15, 0.2) is 0 Å². The minimum absolute atomic E-state index is 0. The van der Waals surface area contributed by atoms with Crippen LogP contribution >= 0.6 is 12.4 Å². The Morgan fingerprint density at radius 2 is 1.89 bits per heavy atom. The van der Waals surface area contributed by atoms with Crippen LogP contribution in [0.25, 0.3) is 0 Å². The Morgan fingerprint density at radius 3 is 2.53 bits per heavy atom. The molecule has 1 N–H and O–H groups in total. The van der Waals surface area contributed by atoms with Crippen molar-refractivity contribution in [3.63, 3.8) is 0 Å².